The lowest BCUT2D eigenvalue weighted by molar-refractivity contribution is 0.0697. The largest absolute Gasteiger partial charge is 0.478 e. The quantitative estimate of drug-likeness (QED) is 0.866. The maximum absolute atomic E-state index is 11.3. The molecule has 0 radical (unpaired) electrons. The number of fused-ring (bicyclic) bond motifs is 3. The molecular weight excluding hydrogens is 312 g/mol. The van der Waals surface area contributed by atoms with Gasteiger partial charge in [0, 0.05) is 29.4 Å². The van der Waals surface area contributed by atoms with Gasteiger partial charge in [-0.15, -0.1) is 0 Å². The van der Waals surface area contributed by atoms with Gasteiger partial charge in [0.15, 0.2) is 0 Å². The Morgan fingerprint density at radius 3 is 2.72 bits per heavy atom. The molecule has 0 spiro atoms. The molecule has 2 unspecified atom stereocenters. The Kier molecular flexibility index (Phi) is 3.40. The van der Waals surface area contributed by atoms with E-state index in [0.29, 0.717) is 22.4 Å². The molecule has 2 atom stereocenters. The maximum Gasteiger partial charge on any atom is 0.335 e. The highest BCUT2D eigenvalue weighted by molar-refractivity contribution is 5.98. The minimum atomic E-state index is -0.905. The van der Waals surface area contributed by atoms with Crippen LogP contribution in [0, 0.1) is 17.8 Å². The molecule has 2 fully saturated rings. The summed E-state index contributed by atoms with van der Waals surface area (Å²) in [6.07, 6.45) is 3.71. The van der Waals surface area contributed by atoms with Crippen molar-refractivity contribution in [1.82, 2.24) is 4.98 Å². The highest BCUT2D eigenvalue weighted by atomic mass is 16.4. The van der Waals surface area contributed by atoms with E-state index < -0.39 is 5.97 Å². The van der Waals surface area contributed by atoms with Crippen LogP contribution in [0.1, 0.15) is 56.1 Å². The highest BCUT2D eigenvalue weighted by Gasteiger charge is 2.49. The molecule has 2 aromatic rings. The van der Waals surface area contributed by atoms with E-state index in [0.717, 1.165) is 23.1 Å². The molecule has 2 aliphatic rings. The predicted molar refractivity (Wildman–Crippen MR) is 100 cm³/mol. The van der Waals surface area contributed by atoms with E-state index in [1.54, 1.807) is 12.1 Å². The zero-order valence-corrected chi connectivity index (χ0v) is 15.5. The highest BCUT2D eigenvalue weighted by Crippen LogP contribution is 2.54. The van der Waals surface area contributed by atoms with E-state index in [1.807, 2.05) is 13.0 Å². The van der Waals surface area contributed by atoms with Crippen LogP contribution in [-0.4, -0.2) is 28.6 Å². The molecule has 1 aromatic carbocycles. The number of hydrogen-bond donors (Lipinski definition) is 1. The van der Waals surface area contributed by atoms with E-state index in [4.69, 9.17) is 0 Å². The third kappa shape index (κ3) is 2.78. The molecule has 4 heteroatoms. The molecule has 1 aromatic heterocycles. The first kappa shape index (κ1) is 16.4. The Hall–Kier alpha value is -2.10. The van der Waals surface area contributed by atoms with Crippen molar-refractivity contribution in [3.8, 4) is 0 Å². The van der Waals surface area contributed by atoms with E-state index >= 15 is 0 Å². The van der Waals surface area contributed by atoms with Gasteiger partial charge in [-0.25, -0.2) is 4.79 Å². The molecule has 1 N–H and O–H groups in total. The van der Waals surface area contributed by atoms with Gasteiger partial charge >= 0.3 is 5.97 Å². The summed E-state index contributed by atoms with van der Waals surface area (Å²) < 4.78 is 0. The topological polar surface area (TPSA) is 53.4 Å². The van der Waals surface area contributed by atoms with Gasteiger partial charge in [-0.05, 0) is 61.3 Å². The van der Waals surface area contributed by atoms with Crippen molar-refractivity contribution in [1.29, 1.82) is 0 Å². The van der Waals surface area contributed by atoms with Crippen molar-refractivity contribution in [2.45, 2.75) is 53.0 Å². The van der Waals surface area contributed by atoms with Crippen LogP contribution in [0.25, 0.3) is 10.9 Å². The SMILES string of the molecule is Cc1cc(N2CC3(C)CC2CC(C)(C)C3)c2ccc(C(=O)O)cc2n1. The van der Waals surface area contributed by atoms with Gasteiger partial charge < -0.3 is 10.0 Å². The van der Waals surface area contributed by atoms with Gasteiger partial charge in [0.05, 0.1) is 11.1 Å². The van der Waals surface area contributed by atoms with Crippen LogP contribution in [0.3, 0.4) is 0 Å². The molecule has 1 saturated heterocycles. The number of hydrogen-bond acceptors (Lipinski definition) is 3. The van der Waals surface area contributed by atoms with Gasteiger partial charge in [0.2, 0.25) is 0 Å². The summed E-state index contributed by atoms with van der Waals surface area (Å²) in [6.45, 7) is 10.2. The maximum atomic E-state index is 11.3. The van der Waals surface area contributed by atoms with Crippen molar-refractivity contribution in [2.24, 2.45) is 10.8 Å². The summed E-state index contributed by atoms with van der Waals surface area (Å²) in [5.74, 6) is -0.905. The summed E-state index contributed by atoms with van der Waals surface area (Å²) in [4.78, 5) is 18.4. The first-order chi connectivity index (χ1) is 11.7. The molecule has 2 heterocycles. The number of carboxylic acid groups (broad SMARTS) is 1. The number of aromatic carboxylic acids is 1. The molecule has 1 saturated carbocycles. The summed E-state index contributed by atoms with van der Waals surface area (Å²) >= 11 is 0. The third-order valence-electron chi connectivity index (χ3n) is 5.89. The van der Waals surface area contributed by atoms with Crippen LogP contribution in [-0.2, 0) is 0 Å². The Labute approximate surface area is 148 Å². The minimum Gasteiger partial charge on any atom is -0.478 e. The monoisotopic (exact) mass is 338 g/mol. The van der Waals surface area contributed by atoms with E-state index in [1.165, 1.54) is 24.9 Å². The van der Waals surface area contributed by atoms with Crippen molar-refractivity contribution < 1.29 is 9.90 Å². The average Bonchev–Trinajstić information content (AvgIpc) is 2.74. The summed E-state index contributed by atoms with van der Waals surface area (Å²) in [6, 6.07) is 8.04. The lowest BCUT2D eigenvalue weighted by atomic mass is 9.65. The molecule has 2 bridgehead atoms. The third-order valence-corrected chi connectivity index (χ3v) is 5.89. The van der Waals surface area contributed by atoms with Gasteiger partial charge in [0.25, 0.3) is 0 Å². The Morgan fingerprint density at radius 1 is 1.24 bits per heavy atom. The molecular formula is C21H26N2O2. The molecule has 1 aliphatic heterocycles. The molecule has 0 amide bonds. The molecule has 4 nitrogen and oxygen atoms in total. The predicted octanol–water partition coefficient (Wildman–Crippen LogP) is 4.65. The van der Waals surface area contributed by atoms with E-state index in [-0.39, 0.29) is 0 Å². The van der Waals surface area contributed by atoms with Crippen LogP contribution in [0.5, 0.6) is 0 Å². The average molecular weight is 338 g/mol. The smallest absolute Gasteiger partial charge is 0.335 e. The Balaban J connectivity index is 1.83. The second-order valence-electron chi connectivity index (χ2n) is 9.16. The first-order valence-corrected chi connectivity index (χ1v) is 9.07. The van der Waals surface area contributed by atoms with Gasteiger partial charge in [-0.3, -0.25) is 4.98 Å². The number of carboxylic acids is 1. The van der Waals surface area contributed by atoms with Crippen molar-refractivity contribution in [3.63, 3.8) is 0 Å². The number of anilines is 1. The van der Waals surface area contributed by atoms with Crippen molar-refractivity contribution in [2.75, 3.05) is 11.4 Å². The number of pyridine rings is 1. The van der Waals surface area contributed by atoms with Crippen LogP contribution in [0.4, 0.5) is 5.69 Å². The second-order valence-corrected chi connectivity index (χ2v) is 9.16. The van der Waals surface area contributed by atoms with Crippen LogP contribution in [0.15, 0.2) is 24.3 Å². The molecule has 25 heavy (non-hydrogen) atoms. The fraction of sp³-hybridized carbons (Fsp3) is 0.524. The van der Waals surface area contributed by atoms with E-state index in [2.05, 4.69) is 36.7 Å². The fourth-order valence-corrected chi connectivity index (χ4v) is 5.45. The number of benzene rings is 1. The van der Waals surface area contributed by atoms with E-state index in [9.17, 15) is 9.90 Å². The molecule has 132 valence electrons. The lowest BCUT2D eigenvalue weighted by Gasteiger charge is -2.39. The minimum absolute atomic E-state index is 0.296. The Bertz CT molecular complexity index is 874. The number of aromatic nitrogens is 1. The molecule has 1 aliphatic carbocycles. The van der Waals surface area contributed by atoms with Gasteiger partial charge in [-0.2, -0.15) is 0 Å². The summed E-state index contributed by atoms with van der Waals surface area (Å²) in [7, 11) is 0. The zero-order chi connectivity index (χ0) is 18.0. The molecule has 4 rings (SSSR count). The number of aryl methyl sites for hydroxylation is 1. The number of carbonyl (C=O) groups is 1. The van der Waals surface area contributed by atoms with Crippen LogP contribution >= 0.6 is 0 Å². The first-order valence-electron chi connectivity index (χ1n) is 9.07. The number of nitrogens with zero attached hydrogens (tertiary/aromatic N) is 2. The van der Waals surface area contributed by atoms with Crippen molar-refractivity contribution in [3.05, 3.63) is 35.5 Å². The normalized spacial score (nSPS) is 27.7. The Morgan fingerprint density at radius 2 is 2.00 bits per heavy atom. The van der Waals surface area contributed by atoms with Crippen LogP contribution in [0.2, 0.25) is 0 Å². The standard InChI is InChI=1S/C21H26N2O2/c1-13-7-18(16-6-5-14(19(24)25)8-17(16)22-13)23-12-21(4)10-15(23)9-20(2,3)11-21/h5-8,15H,9-12H2,1-4H3,(H,24,25). The lowest BCUT2D eigenvalue weighted by Crippen LogP contribution is -2.34. The number of rotatable bonds is 2. The summed E-state index contributed by atoms with van der Waals surface area (Å²) in [5, 5.41) is 10.3. The fourth-order valence-electron chi connectivity index (χ4n) is 5.45. The van der Waals surface area contributed by atoms with Crippen LogP contribution < -0.4 is 4.90 Å². The summed E-state index contributed by atoms with van der Waals surface area (Å²) in [5.41, 5.74) is 3.96. The van der Waals surface area contributed by atoms with Gasteiger partial charge in [0.1, 0.15) is 0 Å². The zero-order valence-electron chi connectivity index (χ0n) is 15.5. The van der Waals surface area contributed by atoms with Gasteiger partial charge in [-0.1, -0.05) is 20.8 Å². The van der Waals surface area contributed by atoms with Crippen molar-refractivity contribution >= 4 is 22.6 Å². The second kappa shape index (κ2) is 5.20.